The van der Waals surface area contributed by atoms with Gasteiger partial charge in [0.05, 0.1) is 12.7 Å². The van der Waals surface area contributed by atoms with Crippen molar-refractivity contribution >= 4 is 10.0 Å². The van der Waals surface area contributed by atoms with Crippen molar-refractivity contribution in [1.82, 2.24) is 4.31 Å². The molecule has 0 rings (SSSR count). The molecule has 15 heavy (non-hydrogen) atoms. The summed E-state index contributed by atoms with van der Waals surface area (Å²) in [6, 6.07) is 1.67. The average molecular weight is 234 g/mol. The third kappa shape index (κ3) is 5.72. The molecule has 0 saturated heterocycles. The van der Waals surface area contributed by atoms with Crippen LogP contribution in [0.5, 0.6) is 0 Å². The van der Waals surface area contributed by atoms with Crippen LogP contribution in [0.1, 0.15) is 13.8 Å². The molecule has 0 fully saturated rings. The summed E-state index contributed by atoms with van der Waals surface area (Å²) in [5.41, 5.74) is 0. The largest absolute Gasteiger partial charge is 0.383 e. The van der Waals surface area contributed by atoms with Crippen LogP contribution in [-0.4, -0.2) is 45.3 Å². The lowest BCUT2D eigenvalue weighted by Gasteiger charge is -2.22. The second-order valence-corrected chi connectivity index (χ2v) is 5.63. The molecule has 0 heterocycles. The van der Waals surface area contributed by atoms with E-state index >= 15 is 0 Å². The van der Waals surface area contributed by atoms with Crippen LogP contribution in [0.25, 0.3) is 0 Å². The van der Waals surface area contributed by atoms with Gasteiger partial charge in [0.15, 0.2) is 5.75 Å². The smallest absolute Gasteiger partial charge is 0.227 e. The predicted octanol–water partition coefficient (Wildman–Crippen LogP) is 0.444. The fraction of sp³-hybridized carbons (Fsp3) is 0.889. The lowest BCUT2D eigenvalue weighted by molar-refractivity contribution is 0.175. The zero-order chi connectivity index (χ0) is 11.9. The topological polar surface area (TPSA) is 70.4 Å². The summed E-state index contributed by atoms with van der Waals surface area (Å²) in [6.45, 7) is 4.94. The highest BCUT2D eigenvalue weighted by Crippen LogP contribution is 2.05. The first-order valence-electron chi connectivity index (χ1n) is 4.77. The Morgan fingerprint density at radius 3 is 2.47 bits per heavy atom. The third-order valence-electron chi connectivity index (χ3n) is 1.75. The van der Waals surface area contributed by atoms with E-state index < -0.39 is 15.8 Å². The van der Waals surface area contributed by atoms with Gasteiger partial charge in [-0.2, -0.15) is 9.57 Å². The molecule has 0 N–H and O–H groups in total. The van der Waals surface area contributed by atoms with Crippen molar-refractivity contribution in [2.24, 2.45) is 5.92 Å². The number of nitriles is 1. The number of rotatable bonds is 7. The van der Waals surface area contributed by atoms with E-state index in [-0.39, 0.29) is 5.92 Å². The van der Waals surface area contributed by atoms with Gasteiger partial charge < -0.3 is 4.74 Å². The molecular weight excluding hydrogens is 216 g/mol. The molecular formula is C9H18N2O3S. The van der Waals surface area contributed by atoms with Crippen molar-refractivity contribution in [3.63, 3.8) is 0 Å². The minimum atomic E-state index is -3.45. The Labute approximate surface area is 91.7 Å². The lowest BCUT2D eigenvalue weighted by atomic mass is 10.2. The summed E-state index contributed by atoms with van der Waals surface area (Å²) >= 11 is 0. The van der Waals surface area contributed by atoms with Crippen LogP contribution in [0.3, 0.4) is 0 Å². The Balaban J connectivity index is 4.55. The molecule has 88 valence electrons. The summed E-state index contributed by atoms with van der Waals surface area (Å²) in [4.78, 5) is 0. The summed E-state index contributed by atoms with van der Waals surface area (Å²) in [5.74, 6) is -0.237. The maximum absolute atomic E-state index is 11.6. The van der Waals surface area contributed by atoms with Crippen molar-refractivity contribution in [3.05, 3.63) is 0 Å². The zero-order valence-electron chi connectivity index (χ0n) is 9.43. The average Bonchev–Trinajstić information content (AvgIpc) is 2.11. The molecule has 0 aliphatic carbocycles. The van der Waals surface area contributed by atoms with Gasteiger partial charge in [0.2, 0.25) is 10.0 Å². The molecule has 0 atom stereocenters. The van der Waals surface area contributed by atoms with Gasteiger partial charge >= 0.3 is 0 Å². The van der Waals surface area contributed by atoms with Gasteiger partial charge in [0.1, 0.15) is 0 Å². The van der Waals surface area contributed by atoms with Crippen molar-refractivity contribution in [2.45, 2.75) is 13.8 Å². The quantitative estimate of drug-likeness (QED) is 0.641. The van der Waals surface area contributed by atoms with Gasteiger partial charge in [0, 0.05) is 20.2 Å². The number of hydrogen-bond donors (Lipinski definition) is 0. The Hall–Kier alpha value is -0.640. The van der Waals surface area contributed by atoms with E-state index in [9.17, 15) is 8.42 Å². The summed E-state index contributed by atoms with van der Waals surface area (Å²) < 4.78 is 29.4. The van der Waals surface area contributed by atoms with E-state index in [0.29, 0.717) is 19.7 Å². The molecule has 0 radical (unpaired) electrons. The van der Waals surface area contributed by atoms with Crippen molar-refractivity contribution in [2.75, 3.05) is 32.6 Å². The van der Waals surface area contributed by atoms with E-state index in [4.69, 9.17) is 10.00 Å². The van der Waals surface area contributed by atoms with Crippen molar-refractivity contribution in [1.29, 1.82) is 5.26 Å². The number of sulfonamides is 1. The molecule has 0 aromatic rings. The van der Waals surface area contributed by atoms with Gasteiger partial charge in [-0.15, -0.1) is 0 Å². The fourth-order valence-corrected chi connectivity index (χ4v) is 2.34. The molecule has 0 spiro atoms. The lowest BCUT2D eigenvalue weighted by Crippen LogP contribution is -2.37. The second-order valence-electron chi connectivity index (χ2n) is 3.66. The molecule has 0 aliphatic rings. The number of hydrogen-bond acceptors (Lipinski definition) is 4. The molecule has 0 amide bonds. The normalized spacial score (nSPS) is 12.0. The Bertz CT molecular complexity index is 306. The molecule has 0 saturated carbocycles. The third-order valence-corrected chi connectivity index (χ3v) is 3.37. The van der Waals surface area contributed by atoms with Crippen molar-refractivity contribution in [3.8, 4) is 6.07 Å². The highest BCUT2D eigenvalue weighted by atomic mass is 32.2. The van der Waals surface area contributed by atoms with Crippen LogP contribution in [0, 0.1) is 17.2 Å². The standard InChI is InChI=1S/C9H18N2O3S/c1-9(2)8-11(5-6-14-3)15(12,13)7-4-10/h9H,5-8H2,1-3H3. The van der Waals surface area contributed by atoms with Crippen LogP contribution >= 0.6 is 0 Å². The first kappa shape index (κ1) is 14.4. The maximum atomic E-state index is 11.6. The van der Waals surface area contributed by atoms with Crippen LogP contribution in [0.15, 0.2) is 0 Å². The minimum Gasteiger partial charge on any atom is -0.383 e. The second kappa shape index (κ2) is 6.77. The van der Waals surface area contributed by atoms with Crippen LogP contribution in [-0.2, 0) is 14.8 Å². The van der Waals surface area contributed by atoms with Gasteiger partial charge in [-0.3, -0.25) is 0 Å². The van der Waals surface area contributed by atoms with Crippen LogP contribution in [0.2, 0.25) is 0 Å². The molecule has 0 bridgehead atoms. The highest BCUT2D eigenvalue weighted by molar-refractivity contribution is 7.89. The Morgan fingerprint density at radius 2 is 2.07 bits per heavy atom. The molecule has 0 aromatic carbocycles. The number of ether oxygens (including phenoxy) is 1. The SMILES string of the molecule is COCCN(CC(C)C)S(=O)(=O)CC#N. The monoisotopic (exact) mass is 234 g/mol. The highest BCUT2D eigenvalue weighted by Gasteiger charge is 2.21. The van der Waals surface area contributed by atoms with Crippen LogP contribution in [0.4, 0.5) is 0 Å². The molecule has 0 aliphatic heterocycles. The summed E-state index contributed by atoms with van der Waals surface area (Å²) in [5, 5.41) is 8.42. The van der Waals surface area contributed by atoms with E-state index in [2.05, 4.69) is 0 Å². The van der Waals surface area contributed by atoms with E-state index in [1.54, 1.807) is 6.07 Å². The van der Waals surface area contributed by atoms with E-state index in [0.717, 1.165) is 0 Å². The van der Waals surface area contributed by atoms with Crippen molar-refractivity contribution < 1.29 is 13.2 Å². The maximum Gasteiger partial charge on any atom is 0.227 e. The van der Waals surface area contributed by atoms with Gasteiger partial charge in [-0.1, -0.05) is 13.8 Å². The fourth-order valence-electron chi connectivity index (χ4n) is 1.12. The Morgan fingerprint density at radius 1 is 1.47 bits per heavy atom. The summed E-state index contributed by atoms with van der Waals surface area (Å²) in [6.07, 6.45) is 0. The van der Waals surface area contributed by atoms with Gasteiger partial charge in [0.25, 0.3) is 0 Å². The molecule has 0 unspecified atom stereocenters. The molecule has 5 nitrogen and oxygen atoms in total. The van der Waals surface area contributed by atoms with E-state index in [1.807, 2.05) is 13.8 Å². The number of methoxy groups -OCH3 is 1. The van der Waals surface area contributed by atoms with Gasteiger partial charge in [-0.25, -0.2) is 8.42 Å². The zero-order valence-corrected chi connectivity index (χ0v) is 10.2. The first-order valence-corrected chi connectivity index (χ1v) is 6.38. The minimum absolute atomic E-state index is 0.232. The predicted molar refractivity (Wildman–Crippen MR) is 57.7 cm³/mol. The summed E-state index contributed by atoms with van der Waals surface area (Å²) in [7, 11) is -1.93. The molecule has 0 aromatic heterocycles. The Kier molecular flexibility index (Phi) is 6.48. The molecule has 6 heteroatoms. The van der Waals surface area contributed by atoms with E-state index in [1.165, 1.54) is 11.4 Å². The van der Waals surface area contributed by atoms with Crippen LogP contribution < -0.4 is 0 Å². The number of nitrogens with zero attached hydrogens (tertiary/aromatic N) is 2. The van der Waals surface area contributed by atoms with Gasteiger partial charge in [-0.05, 0) is 5.92 Å². The first-order chi connectivity index (χ1) is 6.94.